The Hall–Kier alpha value is -2.17. The first-order chi connectivity index (χ1) is 7.63. The van der Waals surface area contributed by atoms with Crippen LogP contribution in [0, 0.1) is 11.3 Å². The Bertz CT molecular complexity index is 395. The molecule has 2 N–H and O–H groups in total. The first-order valence-corrected chi connectivity index (χ1v) is 4.75. The lowest BCUT2D eigenvalue weighted by atomic mass is 10.2. The van der Waals surface area contributed by atoms with Gasteiger partial charge in [-0.1, -0.05) is 0 Å². The van der Waals surface area contributed by atoms with Crippen LogP contribution in [0.1, 0.15) is 19.2 Å². The van der Waals surface area contributed by atoms with Crippen LogP contribution in [0.25, 0.3) is 0 Å². The molecule has 1 aromatic rings. The second-order valence-corrected chi connectivity index (χ2v) is 3.28. The van der Waals surface area contributed by atoms with Crippen LogP contribution in [-0.2, 0) is 13.0 Å². The van der Waals surface area contributed by atoms with Crippen LogP contribution in [0.3, 0.4) is 0 Å². The third-order valence-electron chi connectivity index (χ3n) is 1.90. The van der Waals surface area contributed by atoms with Gasteiger partial charge < -0.3 is 10.4 Å². The summed E-state index contributed by atoms with van der Waals surface area (Å²) in [6, 6.07) is 1.72. The number of tetrazole rings is 1. The molecule has 0 aromatic carbocycles. The number of hydrogen-bond acceptors (Lipinski definition) is 5. The van der Waals surface area contributed by atoms with Gasteiger partial charge in [0.1, 0.15) is 0 Å². The highest BCUT2D eigenvalue weighted by atomic mass is 16.4. The fraction of sp³-hybridized carbons (Fsp3) is 0.625. The van der Waals surface area contributed by atoms with E-state index >= 15 is 0 Å². The van der Waals surface area contributed by atoms with Crippen molar-refractivity contribution in [1.29, 1.82) is 5.26 Å². The fourth-order valence-electron chi connectivity index (χ4n) is 1.23. The normalized spacial score (nSPS) is 11.8. The molecule has 16 heavy (non-hydrogen) atoms. The highest BCUT2D eigenvalue weighted by molar-refractivity contribution is 5.64. The summed E-state index contributed by atoms with van der Waals surface area (Å²) in [5.41, 5.74) is 0. The fourth-order valence-corrected chi connectivity index (χ4v) is 1.23. The molecule has 0 radical (unpaired) electrons. The molecule has 0 aliphatic rings. The average Bonchev–Trinajstić information content (AvgIpc) is 2.61. The summed E-state index contributed by atoms with van der Waals surface area (Å²) in [6.45, 7) is 2.13. The van der Waals surface area contributed by atoms with E-state index in [2.05, 4.69) is 20.8 Å². The van der Waals surface area contributed by atoms with Crippen molar-refractivity contribution < 1.29 is 9.90 Å². The van der Waals surface area contributed by atoms with Crippen LogP contribution in [0.2, 0.25) is 0 Å². The highest BCUT2D eigenvalue weighted by Crippen LogP contribution is 1.99. The van der Waals surface area contributed by atoms with Crippen LogP contribution in [0.5, 0.6) is 0 Å². The van der Waals surface area contributed by atoms with Crippen molar-refractivity contribution >= 4 is 6.09 Å². The topological polar surface area (TPSA) is 117 Å². The van der Waals surface area contributed by atoms with Crippen molar-refractivity contribution in [3.05, 3.63) is 5.82 Å². The van der Waals surface area contributed by atoms with E-state index in [9.17, 15) is 4.79 Å². The first kappa shape index (κ1) is 11.9. The highest BCUT2D eigenvalue weighted by Gasteiger charge is 2.12. The number of aromatic nitrogens is 4. The van der Waals surface area contributed by atoms with Gasteiger partial charge in [0.25, 0.3) is 0 Å². The van der Waals surface area contributed by atoms with Crippen molar-refractivity contribution in [3.63, 3.8) is 0 Å². The lowest BCUT2D eigenvalue weighted by molar-refractivity contribution is 0.190. The van der Waals surface area contributed by atoms with E-state index in [1.807, 2.05) is 6.07 Å². The zero-order valence-electron chi connectivity index (χ0n) is 8.79. The van der Waals surface area contributed by atoms with Crippen molar-refractivity contribution in [3.8, 4) is 6.07 Å². The molecule has 0 aliphatic carbocycles. The molecule has 0 saturated carbocycles. The van der Waals surface area contributed by atoms with Crippen molar-refractivity contribution in [2.75, 3.05) is 0 Å². The molecule has 1 atom stereocenters. The monoisotopic (exact) mass is 224 g/mol. The Labute approximate surface area is 91.9 Å². The van der Waals surface area contributed by atoms with Gasteiger partial charge in [-0.25, -0.2) is 9.48 Å². The lowest BCUT2D eigenvalue weighted by Gasteiger charge is -2.10. The van der Waals surface area contributed by atoms with Crippen LogP contribution < -0.4 is 5.32 Å². The number of carbonyl (C=O) groups is 1. The Morgan fingerprint density at radius 2 is 2.50 bits per heavy atom. The number of amides is 1. The Morgan fingerprint density at radius 3 is 3.12 bits per heavy atom. The molecule has 1 rings (SSSR count). The molecule has 8 nitrogen and oxygen atoms in total. The first-order valence-electron chi connectivity index (χ1n) is 4.75. The molecule has 86 valence electrons. The molecular formula is C8H12N6O2. The number of hydrogen-bond donors (Lipinski definition) is 2. The molecule has 0 fully saturated rings. The molecule has 8 heteroatoms. The summed E-state index contributed by atoms with van der Waals surface area (Å²) in [6.07, 6.45) is -0.368. The summed E-state index contributed by atoms with van der Waals surface area (Å²) >= 11 is 0. The van der Waals surface area contributed by atoms with Gasteiger partial charge in [0.15, 0.2) is 5.82 Å². The summed E-state index contributed by atoms with van der Waals surface area (Å²) in [5, 5.41) is 30.2. The predicted molar refractivity (Wildman–Crippen MR) is 52.4 cm³/mol. The molecule has 1 heterocycles. The summed E-state index contributed by atoms with van der Waals surface area (Å²) in [5.74, 6) is 0.566. The second kappa shape index (κ2) is 5.65. The molecule has 0 bridgehead atoms. The summed E-state index contributed by atoms with van der Waals surface area (Å²) in [4.78, 5) is 10.4. The quantitative estimate of drug-likeness (QED) is 0.714. The SMILES string of the molecule is CC(Cc1nnnn1CCC#N)NC(=O)O. The molecule has 1 amide bonds. The van der Waals surface area contributed by atoms with Gasteiger partial charge in [0, 0.05) is 12.5 Å². The van der Waals surface area contributed by atoms with Gasteiger partial charge in [-0.3, -0.25) is 0 Å². The van der Waals surface area contributed by atoms with Crippen LogP contribution >= 0.6 is 0 Å². The third-order valence-corrected chi connectivity index (χ3v) is 1.90. The third kappa shape index (κ3) is 3.53. The van der Waals surface area contributed by atoms with Gasteiger partial charge in [0.05, 0.1) is 19.0 Å². The number of carboxylic acid groups (broad SMARTS) is 1. The van der Waals surface area contributed by atoms with Crippen LogP contribution in [0.15, 0.2) is 0 Å². The van der Waals surface area contributed by atoms with Crippen molar-refractivity contribution in [2.24, 2.45) is 0 Å². The molecule has 0 spiro atoms. The second-order valence-electron chi connectivity index (χ2n) is 3.28. The van der Waals surface area contributed by atoms with Gasteiger partial charge in [0.2, 0.25) is 0 Å². The van der Waals surface area contributed by atoms with E-state index in [4.69, 9.17) is 10.4 Å². The Balaban J connectivity index is 2.56. The van der Waals surface area contributed by atoms with E-state index in [1.165, 1.54) is 4.68 Å². The van der Waals surface area contributed by atoms with E-state index in [0.717, 1.165) is 0 Å². The molecule has 0 saturated heterocycles. The smallest absolute Gasteiger partial charge is 0.404 e. The molecular weight excluding hydrogens is 212 g/mol. The zero-order valence-corrected chi connectivity index (χ0v) is 8.79. The largest absolute Gasteiger partial charge is 0.465 e. The van der Waals surface area contributed by atoms with E-state index in [0.29, 0.717) is 25.2 Å². The minimum absolute atomic E-state index is 0.274. The number of nitriles is 1. The van der Waals surface area contributed by atoms with Gasteiger partial charge in [-0.05, 0) is 17.4 Å². The minimum atomic E-state index is -1.08. The Morgan fingerprint density at radius 1 is 1.75 bits per heavy atom. The number of nitrogens with zero attached hydrogens (tertiary/aromatic N) is 5. The maximum atomic E-state index is 10.4. The van der Waals surface area contributed by atoms with E-state index < -0.39 is 6.09 Å². The molecule has 1 unspecified atom stereocenters. The maximum absolute atomic E-state index is 10.4. The van der Waals surface area contributed by atoms with Gasteiger partial charge >= 0.3 is 6.09 Å². The summed E-state index contributed by atoms with van der Waals surface area (Å²) in [7, 11) is 0. The van der Waals surface area contributed by atoms with Crippen LogP contribution in [-0.4, -0.2) is 37.4 Å². The van der Waals surface area contributed by atoms with Crippen molar-refractivity contribution in [2.45, 2.75) is 32.4 Å². The maximum Gasteiger partial charge on any atom is 0.404 e. The summed E-state index contributed by atoms with van der Waals surface area (Å²) < 4.78 is 1.50. The standard InChI is InChI=1S/C8H12N6O2/c1-6(10-8(15)16)5-7-11-12-13-14(7)4-2-3-9/h6,10H,2,4-5H2,1H3,(H,15,16). The Kier molecular flexibility index (Phi) is 4.20. The van der Waals surface area contributed by atoms with E-state index in [1.54, 1.807) is 6.92 Å². The predicted octanol–water partition coefficient (Wildman–Crippen LogP) is -0.215. The van der Waals surface area contributed by atoms with Crippen molar-refractivity contribution in [1.82, 2.24) is 25.5 Å². The molecule has 1 aromatic heterocycles. The minimum Gasteiger partial charge on any atom is -0.465 e. The van der Waals surface area contributed by atoms with E-state index in [-0.39, 0.29) is 6.04 Å². The van der Waals surface area contributed by atoms with Gasteiger partial charge in [-0.2, -0.15) is 5.26 Å². The number of aryl methyl sites for hydroxylation is 1. The number of rotatable bonds is 5. The van der Waals surface area contributed by atoms with Gasteiger partial charge in [-0.15, -0.1) is 5.10 Å². The van der Waals surface area contributed by atoms with Crippen LogP contribution in [0.4, 0.5) is 4.79 Å². The average molecular weight is 224 g/mol. The number of nitrogens with one attached hydrogen (secondary N) is 1. The zero-order chi connectivity index (χ0) is 12.0. The lowest BCUT2D eigenvalue weighted by Crippen LogP contribution is -2.33. The molecule has 0 aliphatic heterocycles.